The van der Waals surface area contributed by atoms with Gasteiger partial charge < -0.3 is 10.2 Å². The molecule has 1 aromatic heterocycles. The average molecular weight is 353 g/mol. The molecule has 1 amide bonds. The summed E-state index contributed by atoms with van der Waals surface area (Å²) in [6.45, 7) is 3.17. The number of fused-ring (bicyclic) bond motifs is 1. The molecular formula is C19H23N5O2. The van der Waals surface area contributed by atoms with Crippen LogP contribution < -0.4 is 15.8 Å². The van der Waals surface area contributed by atoms with Crippen LogP contribution in [-0.4, -0.2) is 33.3 Å². The number of anilines is 2. The number of nitrogens with one attached hydrogen (secondary N) is 1. The van der Waals surface area contributed by atoms with E-state index >= 15 is 0 Å². The van der Waals surface area contributed by atoms with E-state index in [1.165, 1.54) is 12.0 Å². The molecule has 0 radical (unpaired) electrons. The summed E-state index contributed by atoms with van der Waals surface area (Å²) in [5, 5.41) is 11.1. The molecule has 2 heterocycles. The van der Waals surface area contributed by atoms with Crippen LogP contribution in [0.5, 0.6) is 0 Å². The molecule has 0 saturated heterocycles. The Morgan fingerprint density at radius 2 is 1.81 bits per heavy atom. The number of benzene rings is 1. The molecule has 1 aliphatic carbocycles. The third-order valence-electron chi connectivity index (χ3n) is 5.22. The zero-order valence-electron chi connectivity index (χ0n) is 14.9. The van der Waals surface area contributed by atoms with Crippen molar-refractivity contribution in [2.24, 2.45) is 0 Å². The van der Waals surface area contributed by atoms with Crippen LogP contribution in [0.1, 0.15) is 48.2 Å². The molecule has 2 aliphatic rings. The Kier molecular flexibility index (Phi) is 4.44. The SMILES string of the molecule is Cc1ccc(N2CCn3c2nnc(C(=O)NC2CCCCC2)c3=O)cc1. The van der Waals surface area contributed by atoms with Crippen LogP contribution >= 0.6 is 0 Å². The van der Waals surface area contributed by atoms with Gasteiger partial charge in [0.05, 0.1) is 0 Å². The normalized spacial score (nSPS) is 17.2. The molecule has 0 unspecified atom stereocenters. The van der Waals surface area contributed by atoms with E-state index in [0.29, 0.717) is 19.0 Å². The van der Waals surface area contributed by atoms with Crippen LogP contribution in [0.25, 0.3) is 0 Å². The third-order valence-corrected chi connectivity index (χ3v) is 5.22. The highest BCUT2D eigenvalue weighted by molar-refractivity contribution is 5.92. The Balaban J connectivity index is 1.58. The van der Waals surface area contributed by atoms with Gasteiger partial charge in [0.15, 0.2) is 0 Å². The number of carbonyl (C=O) groups excluding carboxylic acids is 1. The number of hydrogen-bond donors (Lipinski definition) is 1. The van der Waals surface area contributed by atoms with Crippen molar-refractivity contribution >= 4 is 17.5 Å². The molecule has 1 saturated carbocycles. The summed E-state index contributed by atoms with van der Waals surface area (Å²) in [7, 11) is 0. The number of amides is 1. The first-order valence-corrected chi connectivity index (χ1v) is 9.26. The molecule has 1 aliphatic heterocycles. The van der Waals surface area contributed by atoms with E-state index in [9.17, 15) is 9.59 Å². The number of aromatic nitrogens is 3. The highest BCUT2D eigenvalue weighted by Crippen LogP contribution is 2.26. The van der Waals surface area contributed by atoms with Crippen LogP contribution in [-0.2, 0) is 6.54 Å². The van der Waals surface area contributed by atoms with Crippen LogP contribution in [0.15, 0.2) is 29.1 Å². The van der Waals surface area contributed by atoms with Gasteiger partial charge in [-0.2, -0.15) is 0 Å². The van der Waals surface area contributed by atoms with E-state index < -0.39 is 5.91 Å². The Hall–Kier alpha value is -2.70. The van der Waals surface area contributed by atoms with Gasteiger partial charge in [0.1, 0.15) is 0 Å². The van der Waals surface area contributed by atoms with Gasteiger partial charge in [-0.15, -0.1) is 10.2 Å². The summed E-state index contributed by atoms with van der Waals surface area (Å²) < 4.78 is 1.54. The van der Waals surface area contributed by atoms with E-state index in [-0.39, 0.29) is 17.3 Å². The second-order valence-corrected chi connectivity index (χ2v) is 7.10. The fourth-order valence-corrected chi connectivity index (χ4v) is 3.72. The predicted octanol–water partition coefficient (Wildman–Crippen LogP) is 2.16. The summed E-state index contributed by atoms with van der Waals surface area (Å²) in [4.78, 5) is 27.2. The maximum atomic E-state index is 12.7. The Morgan fingerprint density at radius 3 is 2.54 bits per heavy atom. The zero-order valence-corrected chi connectivity index (χ0v) is 14.9. The van der Waals surface area contributed by atoms with Crippen LogP contribution in [0.4, 0.5) is 11.6 Å². The van der Waals surface area contributed by atoms with Crippen LogP contribution in [0.3, 0.4) is 0 Å². The van der Waals surface area contributed by atoms with E-state index in [1.54, 1.807) is 4.57 Å². The third kappa shape index (κ3) is 3.09. The monoisotopic (exact) mass is 353 g/mol. The van der Waals surface area contributed by atoms with E-state index in [0.717, 1.165) is 31.4 Å². The van der Waals surface area contributed by atoms with Crippen LogP contribution in [0.2, 0.25) is 0 Å². The Labute approximate surface area is 152 Å². The second kappa shape index (κ2) is 6.90. The van der Waals surface area contributed by atoms with Gasteiger partial charge >= 0.3 is 0 Å². The van der Waals surface area contributed by atoms with Crippen molar-refractivity contribution < 1.29 is 4.79 Å². The molecule has 1 fully saturated rings. The minimum atomic E-state index is -0.404. The van der Waals surface area contributed by atoms with Gasteiger partial charge in [0.2, 0.25) is 11.6 Å². The summed E-state index contributed by atoms with van der Waals surface area (Å²) >= 11 is 0. The Morgan fingerprint density at radius 1 is 1.08 bits per heavy atom. The van der Waals surface area contributed by atoms with Crippen molar-refractivity contribution in [2.45, 2.75) is 51.6 Å². The topological polar surface area (TPSA) is 80.1 Å². The first-order valence-electron chi connectivity index (χ1n) is 9.26. The highest BCUT2D eigenvalue weighted by atomic mass is 16.2. The fourth-order valence-electron chi connectivity index (χ4n) is 3.72. The largest absolute Gasteiger partial charge is 0.348 e. The van der Waals surface area contributed by atoms with Gasteiger partial charge in [-0.25, -0.2) is 0 Å². The van der Waals surface area contributed by atoms with Crippen LogP contribution in [0, 0.1) is 6.92 Å². The lowest BCUT2D eigenvalue weighted by Gasteiger charge is -2.22. The molecule has 1 aromatic carbocycles. The van der Waals surface area contributed by atoms with Gasteiger partial charge in [-0.3, -0.25) is 14.2 Å². The lowest BCUT2D eigenvalue weighted by Crippen LogP contribution is -2.40. The molecule has 4 rings (SSSR count). The average Bonchev–Trinajstić information content (AvgIpc) is 3.08. The predicted molar refractivity (Wildman–Crippen MR) is 98.8 cm³/mol. The number of hydrogen-bond acceptors (Lipinski definition) is 5. The minimum absolute atomic E-state index is 0.106. The van der Waals surface area contributed by atoms with E-state index in [1.807, 2.05) is 36.1 Å². The zero-order chi connectivity index (χ0) is 18.1. The number of rotatable bonds is 3. The minimum Gasteiger partial charge on any atom is -0.348 e. The van der Waals surface area contributed by atoms with Crippen molar-refractivity contribution in [2.75, 3.05) is 11.4 Å². The highest BCUT2D eigenvalue weighted by Gasteiger charge is 2.28. The van der Waals surface area contributed by atoms with Crippen molar-refractivity contribution in [1.82, 2.24) is 20.1 Å². The standard InChI is InChI=1S/C19H23N5O2/c1-13-7-9-15(10-8-13)23-11-12-24-18(26)16(21-22-19(23)24)17(25)20-14-5-3-2-4-6-14/h7-10,14H,2-6,11-12H2,1H3,(H,20,25). The molecule has 0 bridgehead atoms. The molecule has 136 valence electrons. The van der Waals surface area contributed by atoms with Crippen molar-refractivity contribution in [3.8, 4) is 0 Å². The molecule has 7 nitrogen and oxygen atoms in total. The molecule has 2 aromatic rings. The maximum absolute atomic E-state index is 12.7. The first kappa shape index (κ1) is 16.8. The lowest BCUT2D eigenvalue weighted by molar-refractivity contribution is 0.0919. The van der Waals surface area contributed by atoms with Crippen molar-refractivity contribution in [3.05, 3.63) is 45.9 Å². The van der Waals surface area contributed by atoms with Crippen molar-refractivity contribution in [3.63, 3.8) is 0 Å². The summed E-state index contributed by atoms with van der Waals surface area (Å²) in [5.41, 5.74) is 1.67. The summed E-state index contributed by atoms with van der Waals surface area (Å²) in [6.07, 6.45) is 5.37. The summed E-state index contributed by atoms with van der Waals surface area (Å²) in [6, 6.07) is 8.19. The maximum Gasteiger partial charge on any atom is 0.286 e. The molecule has 26 heavy (non-hydrogen) atoms. The first-order chi connectivity index (χ1) is 12.6. The fraction of sp³-hybridized carbons (Fsp3) is 0.474. The van der Waals surface area contributed by atoms with Gasteiger partial charge in [0.25, 0.3) is 11.5 Å². The molecular weight excluding hydrogens is 330 g/mol. The van der Waals surface area contributed by atoms with Gasteiger partial charge in [0, 0.05) is 24.8 Å². The van der Waals surface area contributed by atoms with E-state index in [4.69, 9.17) is 0 Å². The van der Waals surface area contributed by atoms with Gasteiger partial charge in [-0.05, 0) is 31.9 Å². The lowest BCUT2D eigenvalue weighted by atomic mass is 9.95. The number of aryl methyl sites for hydroxylation is 1. The molecule has 0 atom stereocenters. The summed E-state index contributed by atoms with van der Waals surface area (Å²) in [5.74, 6) is 0.0894. The van der Waals surface area contributed by atoms with E-state index in [2.05, 4.69) is 15.5 Å². The number of carbonyl (C=O) groups is 1. The smallest absolute Gasteiger partial charge is 0.286 e. The molecule has 7 heteroatoms. The van der Waals surface area contributed by atoms with Gasteiger partial charge in [-0.1, -0.05) is 37.0 Å². The van der Waals surface area contributed by atoms with Crippen molar-refractivity contribution in [1.29, 1.82) is 0 Å². The second-order valence-electron chi connectivity index (χ2n) is 7.10. The Bertz CT molecular complexity index is 868. The molecule has 0 spiro atoms. The molecule has 1 N–H and O–H groups in total. The number of nitrogens with zero attached hydrogens (tertiary/aromatic N) is 4. The quantitative estimate of drug-likeness (QED) is 0.915.